The molecule has 0 aromatic heterocycles. The highest BCUT2D eigenvalue weighted by Crippen LogP contribution is 2.27. The monoisotopic (exact) mass is 243 g/mol. The Morgan fingerprint density at radius 2 is 1.94 bits per heavy atom. The van der Waals surface area contributed by atoms with Crippen molar-refractivity contribution in [3.05, 3.63) is 41.1 Å². The lowest BCUT2D eigenvalue weighted by molar-refractivity contribution is 0.412. The van der Waals surface area contributed by atoms with Crippen LogP contribution in [0, 0.1) is 0 Å². The molecule has 3 rings (SSSR count). The molecule has 2 heteroatoms. The molecule has 0 saturated carbocycles. The Labute approximate surface area is 109 Å². The number of fused-ring (bicyclic) bond motifs is 1. The Bertz CT molecular complexity index is 458. The van der Waals surface area contributed by atoms with E-state index in [1.54, 1.807) is 7.11 Å². The maximum atomic E-state index is 5.32. The van der Waals surface area contributed by atoms with E-state index in [2.05, 4.69) is 29.2 Å². The van der Waals surface area contributed by atoms with Crippen LogP contribution in [0.15, 0.2) is 30.0 Å². The van der Waals surface area contributed by atoms with Crippen molar-refractivity contribution in [2.24, 2.45) is 0 Å². The molecule has 0 unspecified atom stereocenters. The standard InChI is InChI=1S/C16H21NO/c1-18-16-8-7-14-11-15(17-9-2-3-10-17)6-4-5-13(14)12-16/h6-8,12H,2-5,9-11H2,1H3. The first-order valence-corrected chi connectivity index (χ1v) is 6.96. The fourth-order valence-corrected chi connectivity index (χ4v) is 3.04. The molecule has 2 aliphatic rings. The molecule has 1 aliphatic heterocycles. The third-order valence-corrected chi connectivity index (χ3v) is 4.09. The fourth-order valence-electron chi connectivity index (χ4n) is 3.04. The predicted molar refractivity (Wildman–Crippen MR) is 73.9 cm³/mol. The van der Waals surface area contributed by atoms with Gasteiger partial charge in [-0.2, -0.15) is 0 Å². The van der Waals surface area contributed by atoms with Gasteiger partial charge in [-0.05, 0) is 48.9 Å². The topological polar surface area (TPSA) is 12.5 Å². The normalized spacial score (nSPS) is 19.2. The van der Waals surface area contributed by atoms with Gasteiger partial charge in [-0.15, -0.1) is 0 Å². The first-order chi connectivity index (χ1) is 8.86. The summed E-state index contributed by atoms with van der Waals surface area (Å²) >= 11 is 0. The largest absolute Gasteiger partial charge is 0.497 e. The summed E-state index contributed by atoms with van der Waals surface area (Å²) in [5.41, 5.74) is 4.47. The van der Waals surface area contributed by atoms with Crippen LogP contribution in [0.3, 0.4) is 0 Å². The van der Waals surface area contributed by atoms with Crippen molar-refractivity contribution in [2.75, 3.05) is 20.2 Å². The number of likely N-dealkylation sites (tertiary alicyclic amines) is 1. The molecule has 0 amide bonds. The third-order valence-electron chi connectivity index (χ3n) is 4.09. The second-order valence-electron chi connectivity index (χ2n) is 5.24. The zero-order valence-corrected chi connectivity index (χ0v) is 11.1. The van der Waals surface area contributed by atoms with Crippen molar-refractivity contribution in [1.29, 1.82) is 0 Å². The van der Waals surface area contributed by atoms with E-state index < -0.39 is 0 Å². The molecule has 1 fully saturated rings. The zero-order chi connectivity index (χ0) is 12.4. The summed E-state index contributed by atoms with van der Waals surface area (Å²) in [6.45, 7) is 2.49. The van der Waals surface area contributed by atoms with Crippen LogP contribution in [0.1, 0.15) is 30.4 Å². The molecule has 1 aromatic carbocycles. The van der Waals surface area contributed by atoms with Crippen molar-refractivity contribution in [2.45, 2.75) is 32.1 Å². The number of rotatable bonds is 2. The number of ether oxygens (including phenoxy) is 1. The molecule has 0 spiro atoms. The second-order valence-corrected chi connectivity index (χ2v) is 5.24. The van der Waals surface area contributed by atoms with Crippen molar-refractivity contribution in [3.63, 3.8) is 0 Å². The van der Waals surface area contributed by atoms with Gasteiger partial charge in [-0.1, -0.05) is 12.1 Å². The van der Waals surface area contributed by atoms with E-state index in [1.165, 1.54) is 42.8 Å². The number of hydrogen-bond donors (Lipinski definition) is 0. The van der Waals surface area contributed by atoms with Gasteiger partial charge in [-0.3, -0.25) is 0 Å². The number of nitrogens with zero attached hydrogens (tertiary/aromatic N) is 1. The van der Waals surface area contributed by atoms with E-state index >= 15 is 0 Å². The number of allylic oxidation sites excluding steroid dienone is 2. The average Bonchev–Trinajstić information content (AvgIpc) is 2.85. The summed E-state index contributed by atoms with van der Waals surface area (Å²) in [5.74, 6) is 0.985. The molecule has 0 atom stereocenters. The quantitative estimate of drug-likeness (QED) is 0.791. The Balaban J connectivity index is 1.84. The van der Waals surface area contributed by atoms with Crippen LogP contribution in [0.4, 0.5) is 0 Å². The molecule has 0 bridgehead atoms. The van der Waals surface area contributed by atoms with Crippen LogP contribution in [-0.2, 0) is 12.8 Å². The maximum absolute atomic E-state index is 5.32. The van der Waals surface area contributed by atoms with Crippen LogP contribution in [0.25, 0.3) is 0 Å². The summed E-state index contributed by atoms with van der Waals surface area (Å²) in [6, 6.07) is 6.53. The number of benzene rings is 1. The van der Waals surface area contributed by atoms with Gasteiger partial charge in [0.15, 0.2) is 0 Å². The van der Waals surface area contributed by atoms with Crippen LogP contribution in [0.2, 0.25) is 0 Å². The van der Waals surface area contributed by atoms with E-state index in [4.69, 9.17) is 4.74 Å². The molecule has 0 N–H and O–H groups in total. The lowest BCUT2D eigenvalue weighted by Gasteiger charge is -2.21. The smallest absolute Gasteiger partial charge is 0.119 e. The second kappa shape index (κ2) is 5.05. The molecule has 18 heavy (non-hydrogen) atoms. The SMILES string of the molecule is COc1ccc2c(c1)CCC=C(N1CCCC1)C2. The predicted octanol–water partition coefficient (Wildman–Crippen LogP) is 3.16. The maximum Gasteiger partial charge on any atom is 0.119 e. The highest BCUT2D eigenvalue weighted by molar-refractivity contribution is 5.39. The summed E-state index contributed by atoms with van der Waals surface area (Å²) < 4.78 is 5.32. The zero-order valence-electron chi connectivity index (χ0n) is 11.1. The Kier molecular flexibility index (Phi) is 3.26. The van der Waals surface area contributed by atoms with E-state index in [9.17, 15) is 0 Å². The molecular weight excluding hydrogens is 222 g/mol. The van der Waals surface area contributed by atoms with Gasteiger partial charge in [-0.25, -0.2) is 0 Å². The molecular formula is C16H21NO. The van der Waals surface area contributed by atoms with E-state index in [0.29, 0.717) is 0 Å². The van der Waals surface area contributed by atoms with Crippen LogP contribution >= 0.6 is 0 Å². The summed E-state index contributed by atoms with van der Waals surface area (Å²) in [7, 11) is 1.74. The van der Waals surface area contributed by atoms with Gasteiger partial charge in [0, 0.05) is 25.2 Å². The van der Waals surface area contributed by atoms with E-state index in [-0.39, 0.29) is 0 Å². The molecule has 0 radical (unpaired) electrons. The van der Waals surface area contributed by atoms with Crippen LogP contribution < -0.4 is 4.74 Å². The molecule has 1 aliphatic carbocycles. The van der Waals surface area contributed by atoms with Crippen molar-refractivity contribution >= 4 is 0 Å². The Morgan fingerprint density at radius 1 is 1.11 bits per heavy atom. The number of aryl methyl sites for hydroxylation is 1. The third kappa shape index (κ3) is 2.24. The van der Waals surface area contributed by atoms with Crippen molar-refractivity contribution in [3.8, 4) is 5.75 Å². The molecule has 1 heterocycles. The van der Waals surface area contributed by atoms with E-state index in [0.717, 1.165) is 25.0 Å². The number of methoxy groups -OCH3 is 1. The van der Waals surface area contributed by atoms with Crippen molar-refractivity contribution < 1.29 is 4.74 Å². The first kappa shape index (κ1) is 11.6. The minimum Gasteiger partial charge on any atom is -0.497 e. The van der Waals surface area contributed by atoms with Gasteiger partial charge in [0.25, 0.3) is 0 Å². The van der Waals surface area contributed by atoms with Crippen molar-refractivity contribution in [1.82, 2.24) is 4.90 Å². The van der Waals surface area contributed by atoms with Gasteiger partial charge >= 0.3 is 0 Å². The molecule has 2 nitrogen and oxygen atoms in total. The lowest BCUT2D eigenvalue weighted by atomic mass is 10.0. The first-order valence-electron chi connectivity index (χ1n) is 6.96. The lowest BCUT2D eigenvalue weighted by Crippen LogP contribution is -2.19. The molecule has 96 valence electrons. The van der Waals surface area contributed by atoms with Gasteiger partial charge in [0.05, 0.1) is 7.11 Å². The van der Waals surface area contributed by atoms with Gasteiger partial charge in [0.2, 0.25) is 0 Å². The average molecular weight is 243 g/mol. The molecule has 1 saturated heterocycles. The Morgan fingerprint density at radius 3 is 2.72 bits per heavy atom. The van der Waals surface area contributed by atoms with Crippen LogP contribution in [0.5, 0.6) is 5.75 Å². The Hall–Kier alpha value is -1.44. The van der Waals surface area contributed by atoms with E-state index in [1.807, 2.05) is 0 Å². The summed E-state index contributed by atoms with van der Waals surface area (Å²) in [6.07, 6.45) is 8.55. The summed E-state index contributed by atoms with van der Waals surface area (Å²) in [4.78, 5) is 2.57. The summed E-state index contributed by atoms with van der Waals surface area (Å²) in [5, 5.41) is 0. The highest BCUT2D eigenvalue weighted by Gasteiger charge is 2.18. The number of hydrogen-bond acceptors (Lipinski definition) is 2. The molecule has 1 aromatic rings. The van der Waals surface area contributed by atoms with Gasteiger partial charge in [0.1, 0.15) is 5.75 Å². The van der Waals surface area contributed by atoms with Gasteiger partial charge < -0.3 is 9.64 Å². The fraction of sp³-hybridized carbons (Fsp3) is 0.500. The minimum atomic E-state index is 0.985. The van der Waals surface area contributed by atoms with Crippen LogP contribution in [-0.4, -0.2) is 25.1 Å². The highest BCUT2D eigenvalue weighted by atomic mass is 16.5. The minimum absolute atomic E-state index is 0.985.